The molecule has 0 aliphatic carbocycles. The number of benzene rings is 1. The SMILES string of the molecule is Cc1ccc(C#N)c(NCC2CCCN(C)C2)c1. The Morgan fingerprint density at radius 2 is 2.33 bits per heavy atom. The Bertz CT molecular complexity index is 448. The second-order valence-corrected chi connectivity index (χ2v) is 5.31. The minimum atomic E-state index is 0.691. The molecule has 1 aromatic carbocycles. The van der Waals surface area contributed by atoms with E-state index in [1.807, 2.05) is 12.1 Å². The van der Waals surface area contributed by atoms with Crippen LogP contribution in [0.2, 0.25) is 0 Å². The summed E-state index contributed by atoms with van der Waals surface area (Å²) in [6, 6.07) is 8.18. The van der Waals surface area contributed by atoms with Crippen LogP contribution in [0.4, 0.5) is 5.69 Å². The number of hydrogen-bond donors (Lipinski definition) is 1. The van der Waals surface area contributed by atoms with E-state index in [4.69, 9.17) is 5.26 Å². The summed E-state index contributed by atoms with van der Waals surface area (Å²) in [4.78, 5) is 2.39. The predicted molar refractivity (Wildman–Crippen MR) is 74.6 cm³/mol. The standard InChI is InChI=1S/C15H21N3/c1-12-5-6-14(9-16)15(8-12)17-10-13-4-3-7-18(2)11-13/h5-6,8,13,17H,3-4,7,10-11H2,1-2H3. The second kappa shape index (κ2) is 5.88. The van der Waals surface area contributed by atoms with Gasteiger partial charge in [0.15, 0.2) is 0 Å². The zero-order chi connectivity index (χ0) is 13.0. The lowest BCUT2D eigenvalue weighted by atomic mass is 9.98. The minimum absolute atomic E-state index is 0.691. The average molecular weight is 243 g/mol. The van der Waals surface area contributed by atoms with E-state index in [2.05, 4.69) is 36.3 Å². The molecule has 1 aliphatic heterocycles. The number of likely N-dealkylation sites (tertiary alicyclic amines) is 1. The third-order valence-electron chi connectivity index (χ3n) is 3.60. The maximum Gasteiger partial charge on any atom is 0.101 e. The van der Waals surface area contributed by atoms with Crippen LogP contribution in [0.25, 0.3) is 0 Å². The van der Waals surface area contributed by atoms with Crippen LogP contribution >= 0.6 is 0 Å². The van der Waals surface area contributed by atoms with Gasteiger partial charge in [0.1, 0.15) is 6.07 Å². The highest BCUT2D eigenvalue weighted by molar-refractivity contribution is 5.58. The van der Waals surface area contributed by atoms with Crippen molar-refractivity contribution in [1.29, 1.82) is 5.26 Å². The fraction of sp³-hybridized carbons (Fsp3) is 0.533. The number of aryl methyl sites for hydroxylation is 1. The van der Waals surface area contributed by atoms with Gasteiger partial charge in [0.25, 0.3) is 0 Å². The normalized spacial score (nSPS) is 20.4. The van der Waals surface area contributed by atoms with Crippen molar-refractivity contribution in [2.75, 3.05) is 32.0 Å². The summed E-state index contributed by atoms with van der Waals surface area (Å²) in [6.45, 7) is 5.38. The van der Waals surface area contributed by atoms with Crippen LogP contribution in [-0.2, 0) is 0 Å². The predicted octanol–water partition coefficient (Wildman–Crippen LogP) is 2.62. The van der Waals surface area contributed by atoms with Crippen LogP contribution in [0, 0.1) is 24.2 Å². The summed E-state index contributed by atoms with van der Waals surface area (Å²) < 4.78 is 0. The van der Waals surface area contributed by atoms with Gasteiger partial charge in [-0.1, -0.05) is 6.07 Å². The van der Waals surface area contributed by atoms with Crippen molar-refractivity contribution in [3.63, 3.8) is 0 Å². The van der Waals surface area contributed by atoms with Crippen molar-refractivity contribution in [2.24, 2.45) is 5.92 Å². The molecule has 1 saturated heterocycles. The summed E-state index contributed by atoms with van der Waals surface area (Å²) in [5.74, 6) is 0.691. The van der Waals surface area contributed by atoms with Crippen LogP contribution in [0.1, 0.15) is 24.0 Å². The van der Waals surface area contributed by atoms with Gasteiger partial charge in [-0.05, 0) is 57.0 Å². The van der Waals surface area contributed by atoms with Gasteiger partial charge in [-0.25, -0.2) is 0 Å². The molecular weight excluding hydrogens is 222 g/mol. The van der Waals surface area contributed by atoms with Crippen molar-refractivity contribution < 1.29 is 0 Å². The molecule has 0 spiro atoms. The molecule has 3 nitrogen and oxygen atoms in total. The number of nitriles is 1. The monoisotopic (exact) mass is 243 g/mol. The zero-order valence-electron chi connectivity index (χ0n) is 11.2. The highest BCUT2D eigenvalue weighted by Crippen LogP contribution is 2.20. The van der Waals surface area contributed by atoms with Gasteiger partial charge in [0, 0.05) is 13.1 Å². The number of nitrogens with zero attached hydrogens (tertiary/aromatic N) is 2. The maximum atomic E-state index is 9.09. The zero-order valence-corrected chi connectivity index (χ0v) is 11.2. The molecule has 1 N–H and O–H groups in total. The van der Waals surface area contributed by atoms with E-state index in [0.717, 1.165) is 24.3 Å². The third-order valence-corrected chi connectivity index (χ3v) is 3.60. The Balaban J connectivity index is 1.97. The summed E-state index contributed by atoms with van der Waals surface area (Å²) >= 11 is 0. The van der Waals surface area contributed by atoms with Crippen LogP contribution < -0.4 is 5.32 Å². The summed E-state index contributed by atoms with van der Waals surface area (Å²) in [7, 11) is 2.18. The molecule has 0 amide bonds. The first-order chi connectivity index (χ1) is 8.69. The molecule has 0 saturated carbocycles. The minimum Gasteiger partial charge on any atom is -0.384 e. The van der Waals surface area contributed by atoms with Gasteiger partial charge in [-0.3, -0.25) is 0 Å². The van der Waals surface area contributed by atoms with Gasteiger partial charge in [-0.15, -0.1) is 0 Å². The number of nitrogens with one attached hydrogen (secondary N) is 1. The summed E-state index contributed by atoms with van der Waals surface area (Å²) in [6.07, 6.45) is 2.56. The largest absolute Gasteiger partial charge is 0.384 e. The Morgan fingerprint density at radius 1 is 1.50 bits per heavy atom. The van der Waals surface area contributed by atoms with E-state index in [9.17, 15) is 0 Å². The highest BCUT2D eigenvalue weighted by atomic mass is 15.1. The van der Waals surface area contributed by atoms with E-state index in [1.165, 1.54) is 24.9 Å². The molecule has 0 bridgehead atoms. The van der Waals surface area contributed by atoms with Crippen molar-refractivity contribution in [3.8, 4) is 6.07 Å². The van der Waals surface area contributed by atoms with E-state index in [-0.39, 0.29) is 0 Å². The lowest BCUT2D eigenvalue weighted by Gasteiger charge is -2.30. The van der Waals surface area contributed by atoms with E-state index in [0.29, 0.717) is 5.92 Å². The van der Waals surface area contributed by atoms with Crippen molar-refractivity contribution >= 4 is 5.69 Å². The Labute approximate surface area is 109 Å². The van der Waals surface area contributed by atoms with Gasteiger partial charge >= 0.3 is 0 Å². The molecule has 0 aromatic heterocycles. The molecule has 18 heavy (non-hydrogen) atoms. The highest BCUT2D eigenvalue weighted by Gasteiger charge is 2.17. The van der Waals surface area contributed by atoms with Gasteiger partial charge in [0.2, 0.25) is 0 Å². The molecule has 96 valence electrons. The Morgan fingerprint density at radius 3 is 3.06 bits per heavy atom. The lowest BCUT2D eigenvalue weighted by Crippen LogP contribution is -2.35. The summed E-state index contributed by atoms with van der Waals surface area (Å²) in [5, 5.41) is 12.5. The molecular formula is C15H21N3. The second-order valence-electron chi connectivity index (χ2n) is 5.31. The van der Waals surface area contributed by atoms with Crippen LogP contribution in [0.3, 0.4) is 0 Å². The van der Waals surface area contributed by atoms with Crippen LogP contribution in [0.5, 0.6) is 0 Å². The van der Waals surface area contributed by atoms with E-state index in [1.54, 1.807) is 0 Å². The molecule has 1 heterocycles. The Hall–Kier alpha value is -1.53. The van der Waals surface area contributed by atoms with Gasteiger partial charge in [-0.2, -0.15) is 5.26 Å². The number of rotatable bonds is 3. The van der Waals surface area contributed by atoms with Gasteiger partial charge < -0.3 is 10.2 Å². The number of hydrogen-bond acceptors (Lipinski definition) is 3. The first-order valence-electron chi connectivity index (χ1n) is 6.62. The quantitative estimate of drug-likeness (QED) is 0.887. The molecule has 1 atom stereocenters. The lowest BCUT2D eigenvalue weighted by molar-refractivity contribution is 0.217. The number of piperidine rings is 1. The number of anilines is 1. The van der Waals surface area contributed by atoms with E-state index >= 15 is 0 Å². The third kappa shape index (κ3) is 3.24. The van der Waals surface area contributed by atoms with Crippen molar-refractivity contribution in [1.82, 2.24) is 4.90 Å². The average Bonchev–Trinajstić information content (AvgIpc) is 2.37. The maximum absolute atomic E-state index is 9.09. The van der Waals surface area contributed by atoms with Crippen molar-refractivity contribution in [2.45, 2.75) is 19.8 Å². The van der Waals surface area contributed by atoms with Crippen LogP contribution in [0.15, 0.2) is 18.2 Å². The smallest absolute Gasteiger partial charge is 0.101 e. The molecule has 1 unspecified atom stereocenters. The van der Waals surface area contributed by atoms with Crippen LogP contribution in [-0.4, -0.2) is 31.6 Å². The Kier molecular flexibility index (Phi) is 4.22. The molecule has 1 fully saturated rings. The fourth-order valence-corrected chi connectivity index (χ4v) is 2.60. The molecule has 1 aromatic rings. The molecule has 3 heteroatoms. The van der Waals surface area contributed by atoms with E-state index < -0.39 is 0 Å². The topological polar surface area (TPSA) is 39.1 Å². The molecule has 2 rings (SSSR count). The first-order valence-corrected chi connectivity index (χ1v) is 6.62. The first kappa shape index (κ1) is 12.9. The summed E-state index contributed by atoms with van der Waals surface area (Å²) in [5.41, 5.74) is 2.91. The molecule has 0 radical (unpaired) electrons. The van der Waals surface area contributed by atoms with Gasteiger partial charge in [0.05, 0.1) is 11.3 Å². The van der Waals surface area contributed by atoms with Crippen molar-refractivity contribution in [3.05, 3.63) is 29.3 Å². The molecule has 1 aliphatic rings. The fourth-order valence-electron chi connectivity index (χ4n) is 2.60.